The first-order chi connectivity index (χ1) is 57.0. The summed E-state index contributed by atoms with van der Waals surface area (Å²) in [7, 11) is 0. The zero-order chi connectivity index (χ0) is 93.1. The van der Waals surface area contributed by atoms with Crippen molar-refractivity contribution in [2.45, 2.75) is 300 Å². The van der Waals surface area contributed by atoms with Crippen LogP contribution in [0.15, 0.2) is 12.5 Å². The molecule has 41 heteroatoms. The molecular weight excluding hydrogens is 1590 g/mol. The SMILES string of the molecule is CC[C@H](C)[C@H](N)C(=O)N[C@@H](CC(N)=O)C(=O)N[C@H](C(=O)N[C@@H](CC(C)C)C(=O)NCC(=O)N[C@H](C(=O)N[C@@H](CC(C)C)C(=O)NCC(=O)N[C@@H](CC(C)C)C(=O)N[C@@H](CC(C)C)C(=O)NCC(=O)N[C@@H](CCCCN)C(=O)N[C@@H](C)C(=O)N[C@@H](CC(C)C)C(=O)N[C@@H](CO)C(=O)N[C@@H](Cc1cnc[nH]1)C(=O)N[C@@H](CC(C)C)C(N)=O)[C@@H](C)CC)C(C)C. The van der Waals surface area contributed by atoms with Crippen LogP contribution in [0.3, 0.4) is 0 Å². The highest BCUT2D eigenvalue weighted by molar-refractivity contribution is 6.01. The maximum absolute atomic E-state index is 14.2. The number of nitrogens with one attached hydrogen (secondary N) is 17. The molecule has 0 aromatic carbocycles. The predicted octanol–water partition coefficient (Wildman–Crippen LogP) is -3.54. The fourth-order valence-corrected chi connectivity index (χ4v) is 12.6. The van der Waals surface area contributed by atoms with E-state index in [0.29, 0.717) is 31.4 Å². The fourth-order valence-electron chi connectivity index (χ4n) is 12.6. The van der Waals surface area contributed by atoms with Crippen molar-refractivity contribution in [3.05, 3.63) is 18.2 Å². The molecule has 26 N–H and O–H groups in total. The van der Waals surface area contributed by atoms with Gasteiger partial charge in [0.1, 0.15) is 78.5 Å². The van der Waals surface area contributed by atoms with Crippen LogP contribution in [-0.2, 0) is 92.7 Å². The van der Waals surface area contributed by atoms with Gasteiger partial charge >= 0.3 is 0 Å². The molecule has 16 atom stereocenters. The maximum Gasteiger partial charge on any atom is 0.245 e. The minimum absolute atomic E-state index is 0.00166. The van der Waals surface area contributed by atoms with Gasteiger partial charge in [-0.2, -0.15) is 0 Å². The van der Waals surface area contributed by atoms with E-state index in [2.05, 4.69) is 95.0 Å². The summed E-state index contributed by atoms with van der Waals surface area (Å²) in [6.45, 7) is 30.1. The standard InChI is InChI=1S/C81H144N22O19/c1-20-47(17)65(84)79(120)98-59(33-61(83)105)77(118)103-66(46(15)16)80(121)99-54(28-42(7)8)71(112)89-37-64(108)102-67(48(18)21-2)81(122)100-55(29-43(9)10)72(113)88-36-63(107)93-56(30-44(11)12)74(115)96-53(27-41(5)6)70(111)87-35-62(106)92-51(24-22-23-25-82)73(114)91-49(19)69(110)95-57(31-45(13)14)75(116)101-60(38-104)78(119)97-58(32-50-34-86-39-90-50)76(117)94-52(68(85)109)26-40(3)4/h34,39-49,51-60,65-67,104H,20-33,35-38,82,84H2,1-19H3,(H2,83,105)(H2,85,109)(H,86,90)(H,87,111)(H,88,113)(H,89,112)(H,91,114)(H,92,106)(H,93,107)(H,94,117)(H,95,110)(H,96,115)(H,97,119)(H,98,120)(H,99,121)(H,100,122)(H,101,116)(H,102,108)(H,103,118)/t47-,48-,49-,51-,52-,53-,54-,55-,56-,57-,58-,59-,60-,65-,66-,67-/m0/s1. The molecule has 0 aliphatic heterocycles. The van der Waals surface area contributed by atoms with Gasteiger partial charge in [-0.05, 0) is 125 Å². The minimum atomic E-state index is -1.66. The number of carbonyl (C=O) groups excluding carboxylic acids is 18. The monoisotopic (exact) mass is 1730 g/mol. The summed E-state index contributed by atoms with van der Waals surface area (Å²) < 4.78 is 0. The van der Waals surface area contributed by atoms with Crippen LogP contribution in [0, 0.1) is 53.3 Å². The summed E-state index contributed by atoms with van der Waals surface area (Å²) in [6, 6.07) is -18.3. The number of hydrogen-bond donors (Lipinski definition) is 22. The Morgan fingerprint density at radius 3 is 1.14 bits per heavy atom. The number of rotatable bonds is 59. The number of hydrogen-bond acceptors (Lipinski definition) is 22. The average molecular weight is 1730 g/mol. The molecule has 122 heavy (non-hydrogen) atoms. The van der Waals surface area contributed by atoms with Crippen LogP contribution in [0.25, 0.3) is 0 Å². The van der Waals surface area contributed by atoms with Crippen LogP contribution >= 0.6 is 0 Å². The van der Waals surface area contributed by atoms with Gasteiger partial charge in [-0.25, -0.2) is 4.98 Å². The van der Waals surface area contributed by atoms with E-state index in [-0.39, 0.29) is 99.3 Å². The van der Waals surface area contributed by atoms with Crippen molar-refractivity contribution < 1.29 is 91.4 Å². The largest absolute Gasteiger partial charge is 0.394 e. The van der Waals surface area contributed by atoms with E-state index in [1.54, 1.807) is 104 Å². The van der Waals surface area contributed by atoms with E-state index in [9.17, 15) is 91.4 Å². The number of nitrogens with zero attached hydrogens (tertiary/aromatic N) is 1. The zero-order valence-corrected chi connectivity index (χ0v) is 74.7. The summed E-state index contributed by atoms with van der Waals surface area (Å²) in [6.07, 6.45) is 4.06. The lowest BCUT2D eigenvalue weighted by Gasteiger charge is -2.28. The Labute approximate surface area is 716 Å². The first kappa shape index (κ1) is 110. The molecule has 18 amide bonds. The lowest BCUT2D eigenvalue weighted by Crippen LogP contribution is -2.60. The van der Waals surface area contributed by atoms with E-state index in [4.69, 9.17) is 22.9 Å². The van der Waals surface area contributed by atoms with E-state index in [1.165, 1.54) is 19.4 Å². The third-order valence-electron chi connectivity index (χ3n) is 19.8. The third-order valence-corrected chi connectivity index (χ3v) is 19.8. The lowest BCUT2D eigenvalue weighted by atomic mass is 9.96. The molecule has 1 aromatic rings. The molecule has 41 nitrogen and oxygen atoms in total. The highest BCUT2D eigenvalue weighted by atomic mass is 16.3. The van der Waals surface area contributed by atoms with E-state index < -0.39 is 235 Å². The molecule has 0 aliphatic rings. The predicted molar refractivity (Wildman–Crippen MR) is 454 cm³/mol. The summed E-state index contributed by atoms with van der Waals surface area (Å²) >= 11 is 0. The number of aromatic amines is 1. The quantitative estimate of drug-likeness (QED) is 0.0281. The molecule has 692 valence electrons. The summed E-state index contributed by atoms with van der Waals surface area (Å²) in [5.41, 5.74) is 23.2. The topological polar surface area (TPSA) is 653 Å². The van der Waals surface area contributed by atoms with Gasteiger partial charge in [0.25, 0.3) is 0 Å². The summed E-state index contributed by atoms with van der Waals surface area (Å²) in [4.78, 5) is 252. The second-order valence-corrected chi connectivity index (χ2v) is 34.3. The van der Waals surface area contributed by atoms with Gasteiger partial charge in [0, 0.05) is 18.3 Å². The van der Waals surface area contributed by atoms with Gasteiger partial charge < -0.3 is 118 Å². The fraction of sp³-hybridized carbons (Fsp3) is 0.741. The van der Waals surface area contributed by atoms with Crippen LogP contribution in [0.1, 0.15) is 214 Å². The van der Waals surface area contributed by atoms with Crippen molar-refractivity contribution >= 4 is 106 Å². The van der Waals surface area contributed by atoms with Crippen molar-refractivity contribution in [3.63, 3.8) is 0 Å². The van der Waals surface area contributed by atoms with Crippen LogP contribution in [0.4, 0.5) is 0 Å². The normalized spacial score (nSPS) is 15.4. The molecule has 0 fully saturated rings. The molecule has 1 aromatic heterocycles. The van der Waals surface area contributed by atoms with Gasteiger partial charge in [0.05, 0.1) is 45.0 Å². The van der Waals surface area contributed by atoms with Crippen LogP contribution in [0.2, 0.25) is 0 Å². The van der Waals surface area contributed by atoms with Gasteiger partial charge in [-0.15, -0.1) is 0 Å². The van der Waals surface area contributed by atoms with E-state index in [1.807, 2.05) is 20.8 Å². The molecule has 1 rings (SSSR count). The average Bonchev–Trinajstić information content (AvgIpc) is 1.02. The number of aliphatic hydroxyl groups excluding tert-OH is 1. The molecule has 0 radical (unpaired) electrons. The second kappa shape index (κ2) is 56.3. The van der Waals surface area contributed by atoms with Crippen LogP contribution in [0.5, 0.6) is 0 Å². The maximum atomic E-state index is 14.2. The van der Waals surface area contributed by atoms with Gasteiger partial charge in [-0.1, -0.05) is 137 Å². The number of H-pyrrole nitrogens is 1. The molecule has 0 saturated carbocycles. The summed E-state index contributed by atoms with van der Waals surface area (Å²) in [5, 5.41) is 51.4. The molecule has 0 bridgehead atoms. The van der Waals surface area contributed by atoms with Crippen molar-refractivity contribution in [1.29, 1.82) is 0 Å². The number of aromatic nitrogens is 2. The molecule has 0 unspecified atom stereocenters. The van der Waals surface area contributed by atoms with Crippen LogP contribution in [-0.4, -0.2) is 239 Å². The highest BCUT2D eigenvalue weighted by Crippen LogP contribution is 2.17. The number of unbranched alkanes of at least 4 members (excludes halogenated alkanes) is 1. The number of aliphatic hydroxyl groups is 1. The number of carbonyl (C=O) groups is 18. The first-order valence-electron chi connectivity index (χ1n) is 42.4. The smallest absolute Gasteiger partial charge is 0.245 e. The first-order valence-corrected chi connectivity index (χ1v) is 42.4. The van der Waals surface area contributed by atoms with E-state index >= 15 is 0 Å². The number of amides is 18. The number of imidazole rings is 1. The third kappa shape index (κ3) is 42.4. The number of nitrogens with two attached hydrogens (primary N) is 4. The Bertz CT molecular complexity index is 3600. The Hall–Kier alpha value is -10.4. The van der Waals surface area contributed by atoms with E-state index in [0.717, 1.165) is 0 Å². The zero-order valence-electron chi connectivity index (χ0n) is 74.7. The second-order valence-electron chi connectivity index (χ2n) is 34.3. The minimum Gasteiger partial charge on any atom is -0.394 e. The molecule has 0 spiro atoms. The van der Waals surface area contributed by atoms with Gasteiger partial charge in [-0.3, -0.25) is 86.3 Å². The van der Waals surface area contributed by atoms with Crippen LogP contribution < -0.4 is 108 Å². The Morgan fingerprint density at radius 1 is 0.377 bits per heavy atom. The van der Waals surface area contributed by atoms with Crippen molar-refractivity contribution in [2.75, 3.05) is 32.8 Å². The van der Waals surface area contributed by atoms with Crippen molar-refractivity contribution in [1.82, 2.24) is 95.0 Å². The molecule has 1 heterocycles. The lowest BCUT2D eigenvalue weighted by molar-refractivity contribution is -0.136. The van der Waals surface area contributed by atoms with Gasteiger partial charge in [0.2, 0.25) is 106 Å². The van der Waals surface area contributed by atoms with Crippen molar-refractivity contribution in [3.8, 4) is 0 Å². The van der Waals surface area contributed by atoms with Gasteiger partial charge in [0.15, 0.2) is 0 Å². The molecule has 0 saturated heterocycles. The number of primary amides is 2. The highest BCUT2D eigenvalue weighted by Gasteiger charge is 2.39. The molecule has 0 aliphatic carbocycles. The Morgan fingerprint density at radius 2 is 0.730 bits per heavy atom. The van der Waals surface area contributed by atoms with Crippen molar-refractivity contribution in [2.24, 2.45) is 76.2 Å². The Kier molecular flexibility index (Phi) is 50.5. The summed E-state index contributed by atoms with van der Waals surface area (Å²) in [5.74, 6) is -17.5. The molecular formula is C81H144N22O19. The Balaban J connectivity index is 3.25.